The molecule has 3 saturated heterocycles. The molecule has 2 unspecified atom stereocenters. The number of pyridine rings is 2. The van der Waals surface area contributed by atoms with Crippen LogP contribution in [0.2, 0.25) is 0 Å². The van der Waals surface area contributed by atoms with Crippen molar-refractivity contribution < 1.29 is 9.59 Å². The molecule has 7 heteroatoms. The summed E-state index contributed by atoms with van der Waals surface area (Å²) in [5.41, 5.74) is 0.949. The average molecular weight is 366 g/mol. The van der Waals surface area contributed by atoms with E-state index in [1.54, 1.807) is 53.3 Å². The summed E-state index contributed by atoms with van der Waals surface area (Å²) in [7, 11) is 0. The third-order valence-electron chi connectivity index (χ3n) is 5.43. The van der Waals surface area contributed by atoms with Gasteiger partial charge in [0.15, 0.2) is 0 Å². The molecule has 2 amide bonds. The Morgan fingerprint density at radius 3 is 2.67 bits per heavy atom. The van der Waals surface area contributed by atoms with Crippen molar-refractivity contribution in [3.8, 4) is 0 Å². The monoisotopic (exact) mass is 366 g/mol. The van der Waals surface area contributed by atoms with Crippen LogP contribution in [-0.2, 0) is 0 Å². The van der Waals surface area contributed by atoms with Crippen LogP contribution in [0.5, 0.6) is 0 Å². The number of hydrogen-bond acceptors (Lipinski definition) is 4. The number of rotatable bonds is 2. The molecule has 5 rings (SSSR count). The van der Waals surface area contributed by atoms with Crippen LogP contribution < -0.4 is 5.56 Å². The van der Waals surface area contributed by atoms with Crippen molar-refractivity contribution in [1.82, 2.24) is 19.8 Å². The third-order valence-corrected chi connectivity index (χ3v) is 5.43. The van der Waals surface area contributed by atoms with E-state index < -0.39 is 0 Å². The first-order valence-corrected chi connectivity index (χ1v) is 9.24. The van der Waals surface area contributed by atoms with Crippen LogP contribution in [0.15, 0.2) is 41.3 Å². The molecule has 0 spiro atoms. The van der Waals surface area contributed by atoms with E-state index in [9.17, 15) is 14.4 Å². The number of aromatic nitrogens is 2. The molecular weight excluding hydrogens is 344 g/mol. The van der Waals surface area contributed by atoms with Crippen LogP contribution >= 0.6 is 0 Å². The molecule has 3 fully saturated rings. The summed E-state index contributed by atoms with van der Waals surface area (Å²) in [6, 6.07) is 8.54. The largest absolute Gasteiger partial charge is 0.335 e. The predicted octanol–water partition coefficient (Wildman–Crippen LogP) is 1.46. The van der Waals surface area contributed by atoms with Crippen molar-refractivity contribution in [2.75, 3.05) is 19.6 Å². The molecule has 27 heavy (non-hydrogen) atoms. The van der Waals surface area contributed by atoms with Gasteiger partial charge in [0.1, 0.15) is 11.3 Å². The first-order chi connectivity index (χ1) is 13.0. The van der Waals surface area contributed by atoms with Crippen LogP contribution in [0.4, 0.5) is 0 Å². The van der Waals surface area contributed by atoms with Gasteiger partial charge in [0.05, 0.1) is 0 Å². The second kappa shape index (κ2) is 6.98. The van der Waals surface area contributed by atoms with Gasteiger partial charge in [-0.2, -0.15) is 0 Å². The average Bonchev–Trinajstić information content (AvgIpc) is 2.99. The number of piperidine rings is 1. The van der Waals surface area contributed by atoms with Crippen molar-refractivity contribution in [3.05, 3.63) is 63.8 Å². The Morgan fingerprint density at radius 1 is 1.07 bits per heavy atom. The Hall–Kier alpha value is -2.96. The fourth-order valence-electron chi connectivity index (χ4n) is 4.04. The Kier molecular flexibility index (Phi) is 4.51. The lowest BCUT2D eigenvalue weighted by Gasteiger charge is -2.35. The number of fused-ring (bicyclic) bond motifs is 4. The molecule has 2 aromatic heterocycles. The van der Waals surface area contributed by atoms with Crippen LogP contribution in [0.3, 0.4) is 0 Å². The standard InChI is InChI=1S/C20H22N4O3/c1-13-5-8-16(18(25)22-13)19(26)24-11-14-6-7-15(24)12-23(10-14)20(27)17-4-2-3-9-21-17/h2-5,8-9,14-15H,6-7,10-12H2,1H3,(H,22,25). The highest BCUT2D eigenvalue weighted by Gasteiger charge is 2.39. The van der Waals surface area contributed by atoms with Gasteiger partial charge in [-0.25, -0.2) is 0 Å². The topological polar surface area (TPSA) is 86.4 Å². The van der Waals surface area contributed by atoms with Crippen molar-refractivity contribution in [2.24, 2.45) is 5.92 Å². The molecule has 7 nitrogen and oxygen atoms in total. The van der Waals surface area contributed by atoms with Crippen LogP contribution in [0, 0.1) is 12.8 Å². The SMILES string of the molecule is Cc1ccc(C(=O)N2CC3CCC2CN(C(=O)c2ccccn2)C3)c(=O)[nH]1. The van der Waals surface area contributed by atoms with Crippen molar-refractivity contribution in [1.29, 1.82) is 0 Å². The van der Waals surface area contributed by atoms with E-state index in [0.29, 0.717) is 25.3 Å². The number of nitrogens with zero attached hydrogens (tertiary/aromatic N) is 3. The van der Waals surface area contributed by atoms with Gasteiger partial charge in [0, 0.05) is 37.6 Å². The number of nitrogens with one attached hydrogen (secondary N) is 1. The number of carbonyl (C=O) groups excluding carboxylic acids is 2. The first-order valence-electron chi connectivity index (χ1n) is 9.24. The van der Waals surface area contributed by atoms with Crippen LogP contribution in [0.1, 0.15) is 39.4 Å². The summed E-state index contributed by atoms with van der Waals surface area (Å²) in [5, 5.41) is 0. The summed E-state index contributed by atoms with van der Waals surface area (Å²) in [4.78, 5) is 48.5. The van der Waals surface area contributed by atoms with Crippen molar-refractivity contribution in [2.45, 2.75) is 25.8 Å². The van der Waals surface area contributed by atoms with Gasteiger partial charge in [-0.3, -0.25) is 19.4 Å². The number of hydrogen-bond donors (Lipinski definition) is 1. The zero-order valence-electron chi connectivity index (χ0n) is 15.2. The summed E-state index contributed by atoms with van der Waals surface area (Å²) < 4.78 is 0. The number of aromatic amines is 1. The maximum absolute atomic E-state index is 13.0. The molecule has 3 aliphatic rings. The van der Waals surface area contributed by atoms with Gasteiger partial charge >= 0.3 is 0 Å². The zero-order chi connectivity index (χ0) is 19.0. The molecule has 1 N–H and O–H groups in total. The minimum atomic E-state index is -0.360. The highest BCUT2D eigenvalue weighted by Crippen LogP contribution is 2.29. The number of carbonyl (C=O) groups is 2. The molecule has 3 aliphatic heterocycles. The van der Waals surface area contributed by atoms with Gasteiger partial charge in [-0.1, -0.05) is 6.07 Å². The lowest BCUT2D eigenvalue weighted by Crippen LogP contribution is -2.48. The summed E-state index contributed by atoms with van der Waals surface area (Å²) in [6.45, 7) is 3.44. The van der Waals surface area contributed by atoms with E-state index >= 15 is 0 Å². The molecular formula is C20H22N4O3. The number of aryl methyl sites for hydroxylation is 1. The predicted molar refractivity (Wildman–Crippen MR) is 99.5 cm³/mol. The van der Waals surface area contributed by atoms with Crippen molar-refractivity contribution >= 4 is 11.8 Å². The molecule has 0 radical (unpaired) electrons. The van der Waals surface area contributed by atoms with Crippen molar-refractivity contribution in [3.63, 3.8) is 0 Å². The minimum absolute atomic E-state index is 0.0791. The lowest BCUT2D eigenvalue weighted by molar-refractivity contribution is 0.0572. The molecule has 0 aliphatic carbocycles. The van der Waals surface area contributed by atoms with E-state index in [-0.39, 0.29) is 34.9 Å². The van der Waals surface area contributed by atoms with Crippen LogP contribution in [-0.4, -0.2) is 57.3 Å². The fourth-order valence-corrected chi connectivity index (χ4v) is 4.04. The Morgan fingerprint density at radius 2 is 1.93 bits per heavy atom. The van der Waals surface area contributed by atoms with E-state index in [1.807, 2.05) is 0 Å². The second-order valence-electron chi connectivity index (χ2n) is 7.36. The van der Waals surface area contributed by atoms with Gasteiger partial charge in [0.2, 0.25) is 0 Å². The van der Waals surface area contributed by atoms with E-state index in [0.717, 1.165) is 18.5 Å². The van der Waals surface area contributed by atoms with E-state index in [4.69, 9.17) is 0 Å². The van der Waals surface area contributed by atoms with Crippen LogP contribution in [0.25, 0.3) is 0 Å². The summed E-state index contributed by atoms with van der Waals surface area (Å²) in [6.07, 6.45) is 3.43. The highest BCUT2D eigenvalue weighted by atomic mass is 16.2. The summed E-state index contributed by atoms with van der Waals surface area (Å²) >= 11 is 0. The highest BCUT2D eigenvalue weighted by molar-refractivity contribution is 5.95. The Labute approximate surface area is 157 Å². The molecule has 2 atom stereocenters. The normalized spacial score (nSPS) is 21.8. The van der Waals surface area contributed by atoms with Gasteiger partial charge in [0.25, 0.3) is 17.4 Å². The van der Waals surface area contributed by atoms with Gasteiger partial charge in [-0.15, -0.1) is 0 Å². The van der Waals surface area contributed by atoms with E-state index in [2.05, 4.69) is 9.97 Å². The smallest absolute Gasteiger partial charge is 0.272 e. The first kappa shape index (κ1) is 17.5. The number of amides is 2. The molecule has 0 aromatic carbocycles. The fraction of sp³-hybridized carbons (Fsp3) is 0.400. The maximum atomic E-state index is 13.0. The molecule has 5 heterocycles. The molecule has 2 aromatic rings. The Bertz CT molecular complexity index is 924. The quantitative estimate of drug-likeness (QED) is 0.872. The lowest BCUT2D eigenvalue weighted by atomic mass is 9.94. The maximum Gasteiger partial charge on any atom is 0.272 e. The Balaban J connectivity index is 1.57. The molecule has 140 valence electrons. The van der Waals surface area contributed by atoms with Gasteiger partial charge in [-0.05, 0) is 49.9 Å². The molecule has 2 bridgehead atoms. The number of H-pyrrole nitrogens is 1. The van der Waals surface area contributed by atoms with E-state index in [1.165, 1.54) is 0 Å². The molecule has 0 saturated carbocycles. The summed E-state index contributed by atoms with van der Waals surface area (Å²) in [5.74, 6) is -0.141. The second-order valence-corrected chi connectivity index (χ2v) is 7.36. The third kappa shape index (κ3) is 3.37. The van der Waals surface area contributed by atoms with Gasteiger partial charge < -0.3 is 14.8 Å². The zero-order valence-corrected chi connectivity index (χ0v) is 15.2. The minimum Gasteiger partial charge on any atom is -0.335 e.